The minimum absolute atomic E-state index is 0.0686. The maximum absolute atomic E-state index is 6.79. The molecule has 0 aromatic carbocycles. The molecule has 0 heterocycles. The van der Waals surface area contributed by atoms with E-state index in [-0.39, 0.29) is 35.9 Å². The third kappa shape index (κ3) is 15.2. The first kappa shape index (κ1) is 36.8. The molecule has 0 fully saturated rings. The second kappa shape index (κ2) is 19.8. The molecule has 0 bridgehead atoms. The zero-order chi connectivity index (χ0) is 28.5. The molecule has 0 aromatic rings. The smallest absolute Gasteiger partial charge is 0.0647 e. The number of methoxy groups -OCH3 is 1. The van der Waals surface area contributed by atoms with Crippen LogP contribution in [0.3, 0.4) is 0 Å². The van der Waals surface area contributed by atoms with Gasteiger partial charge in [-0.05, 0) is 80.1 Å². The van der Waals surface area contributed by atoms with Gasteiger partial charge in [0.15, 0.2) is 0 Å². The van der Waals surface area contributed by atoms with Gasteiger partial charge in [-0.1, -0.05) is 34.1 Å². The lowest BCUT2D eigenvalue weighted by atomic mass is 9.77. The highest BCUT2D eigenvalue weighted by molar-refractivity contribution is 4.88. The lowest BCUT2D eigenvalue weighted by Crippen LogP contribution is -2.48. The predicted molar refractivity (Wildman–Crippen MR) is 154 cm³/mol. The summed E-state index contributed by atoms with van der Waals surface area (Å²) in [6, 6.07) is 0. The van der Waals surface area contributed by atoms with E-state index in [1.807, 2.05) is 0 Å². The highest BCUT2D eigenvalue weighted by Crippen LogP contribution is 2.35. The van der Waals surface area contributed by atoms with E-state index in [9.17, 15) is 0 Å². The average molecular weight is 533 g/mol. The highest BCUT2D eigenvalue weighted by Gasteiger charge is 2.41. The van der Waals surface area contributed by atoms with E-state index >= 15 is 0 Å². The molecule has 5 atom stereocenters. The van der Waals surface area contributed by atoms with E-state index in [1.54, 1.807) is 7.11 Å². The molecule has 0 saturated carbocycles. The van der Waals surface area contributed by atoms with Crippen LogP contribution in [0.4, 0.5) is 0 Å². The second-order valence-electron chi connectivity index (χ2n) is 12.1. The van der Waals surface area contributed by atoms with Crippen LogP contribution >= 0.6 is 0 Å². The first-order chi connectivity index (χ1) is 17.4. The van der Waals surface area contributed by atoms with Gasteiger partial charge in [-0.3, -0.25) is 0 Å². The van der Waals surface area contributed by atoms with E-state index in [0.717, 1.165) is 25.7 Å². The number of hydrogen-bond donors (Lipinski definition) is 0. The summed E-state index contributed by atoms with van der Waals surface area (Å²) >= 11 is 0. The van der Waals surface area contributed by atoms with E-state index in [0.29, 0.717) is 45.6 Å². The SMILES string of the molecule is CCC(C)CCC(COC)(COC(C)C)C(C)OCC(COC(C)C)(COC(C)CC)COC(C)CC. The summed E-state index contributed by atoms with van der Waals surface area (Å²) in [5.41, 5.74) is -0.637. The molecule has 6 heteroatoms. The summed E-state index contributed by atoms with van der Waals surface area (Å²) in [6.45, 7) is 26.9. The van der Waals surface area contributed by atoms with Gasteiger partial charge < -0.3 is 28.4 Å². The van der Waals surface area contributed by atoms with Crippen LogP contribution in [0, 0.1) is 16.7 Å². The quantitative estimate of drug-likeness (QED) is 0.130. The third-order valence-electron chi connectivity index (χ3n) is 7.69. The van der Waals surface area contributed by atoms with Crippen molar-refractivity contribution in [3.63, 3.8) is 0 Å². The monoisotopic (exact) mass is 532 g/mol. The van der Waals surface area contributed by atoms with Gasteiger partial charge >= 0.3 is 0 Å². The minimum atomic E-state index is -0.403. The van der Waals surface area contributed by atoms with Crippen molar-refractivity contribution in [3.05, 3.63) is 0 Å². The van der Waals surface area contributed by atoms with Crippen molar-refractivity contribution in [1.29, 1.82) is 0 Å². The van der Waals surface area contributed by atoms with Crippen molar-refractivity contribution in [2.75, 3.05) is 46.8 Å². The Hall–Kier alpha value is -0.240. The Balaban J connectivity index is 5.98. The van der Waals surface area contributed by atoms with E-state index < -0.39 is 5.41 Å². The van der Waals surface area contributed by atoms with Crippen LogP contribution in [0.2, 0.25) is 0 Å². The van der Waals surface area contributed by atoms with Crippen molar-refractivity contribution >= 4 is 0 Å². The van der Waals surface area contributed by atoms with Crippen molar-refractivity contribution in [3.8, 4) is 0 Å². The lowest BCUT2D eigenvalue weighted by Gasteiger charge is -2.42. The first-order valence-corrected chi connectivity index (χ1v) is 15.0. The summed E-state index contributed by atoms with van der Waals surface area (Å²) in [5.74, 6) is 0.647. The standard InChI is InChI=1S/C31H64O6/c1-13-26(8)16-17-31(22-32-12,23-34-25(6)7)29(11)37-21-30(18-33-24(4)5,19-35-27(9)14-2)20-36-28(10)15-3/h24-29H,13-23H2,1-12H3. The maximum atomic E-state index is 6.79. The van der Waals surface area contributed by atoms with Gasteiger partial charge in [0.25, 0.3) is 0 Å². The van der Waals surface area contributed by atoms with Gasteiger partial charge in [-0.25, -0.2) is 0 Å². The van der Waals surface area contributed by atoms with Gasteiger partial charge in [-0.2, -0.15) is 0 Å². The average Bonchev–Trinajstić information content (AvgIpc) is 2.88. The normalized spacial score (nSPS) is 19.0. The molecule has 0 rings (SSSR count). The Kier molecular flexibility index (Phi) is 19.6. The zero-order valence-electron chi connectivity index (χ0n) is 26.7. The third-order valence-corrected chi connectivity index (χ3v) is 7.69. The van der Waals surface area contributed by atoms with Crippen LogP contribution in [-0.4, -0.2) is 77.3 Å². The molecule has 0 N–H and O–H groups in total. The van der Waals surface area contributed by atoms with Gasteiger partial charge in [0, 0.05) is 12.5 Å². The van der Waals surface area contributed by atoms with E-state index in [1.165, 1.54) is 6.42 Å². The Morgan fingerprint density at radius 3 is 1.43 bits per heavy atom. The number of rotatable bonds is 24. The largest absolute Gasteiger partial charge is 0.384 e. The lowest BCUT2D eigenvalue weighted by molar-refractivity contribution is -0.171. The predicted octanol–water partition coefficient (Wildman–Crippen LogP) is 7.32. The molecule has 6 nitrogen and oxygen atoms in total. The van der Waals surface area contributed by atoms with Crippen LogP contribution in [-0.2, 0) is 28.4 Å². The maximum Gasteiger partial charge on any atom is 0.0647 e. The van der Waals surface area contributed by atoms with E-state index in [2.05, 4.69) is 76.2 Å². The van der Waals surface area contributed by atoms with Crippen LogP contribution in [0.5, 0.6) is 0 Å². The fraction of sp³-hybridized carbons (Fsp3) is 1.00. The Bertz CT molecular complexity index is 526. The molecule has 0 aromatic heterocycles. The Morgan fingerprint density at radius 2 is 1.00 bits per heavy atom. The summed E-state index contributed by atoms with van der Waals surface area (Å²) in [6.07, 6.45) is 5.73. The molecule has 0 aliphatic rings. The molecule has 37 heavy (non-hydrogen) atoms. The molecule has 0 aliphatic heterocycles. The van der Waals surface area contributed by atoms with Crippen molar-refractivity contribution < 1.29 is 28.4 Å². The molecule has 0 spiro atoms. The minimum Gasteiger partial charge on any atom is -0.384 e. The summed E-state index contributed by atoms with van der Waals surface area (Å²) in [5, 5.41) is 0. The van der Waals surface area contributed by atoms with Crippen molar-refractivity contribution in [2.45, 2.75) is 139 Å². The van der Waals surface area contributed by atoms with Gasteiger partial charge in [-0.15, -0.1) is 0 Å². The molecule has 0 amide bonds. The van der Waals surface area contributed by atoms with Gasteiger partial charge in [0.2, 0.25) is 0 Å². The molecule has 5 unspecified atom stereocenters. The summed E-state index contributed by atoms with van der Waals surface area (Å²) in [4.78, 5) is 0. The Morgan fingerprint density at radius 1 is 0.541 bits per heavy atom. The van der Waals surface area contributed by atoms with E-state index in [4.69, 9.17) is 28.4 Å². The van der Waals surface area contributed by atoms with Crippen LogP contribution in [0.25, 0.3) is 0 Å². The second-order valence-corrected chi connectivity index (χ2v) is 12.1. The molecule has 0 saturated heterocycles. The number of ether oxygens (including phenoxy) is 6. The van der Waals surface area contributed by atoms with Crippen LogP contribution in [0.1, 0.15) is 108 Å². The van der Waals surface area contributed by atoms with Crippen LogP contribution < -0.4 is 0 Å². The fourth-order valence-electron chi connectivity index (χ4n) is 3.93. The van der Waals surface area contributed by atoms with Crippen molar-refractivity contribution in [1.82, 2.24) is 0 Å². The highest BCUT2D eigenvalue weighted by atomic mass is 16.5. The molecule has 0 radical (unpaired) electrons. The first-order valence-electron chi connectivity index (χ1n) is 15.0. The zero-order valence-corrected chi connectivity index (χ0v) is 26.7. The van der Waals surface area contributed by atoms with Gasteiger partial charge in [0.1, 0.15) is 0 Å². The van der Waals surface area contributed by atoms with Gasteiger partial charge in [0.05, 0.1) is 75.6 Å². The molecular formula is C31H64O6. The molecule has 224 valence electrons. The molecular weight excluding hydrogens is 468 g/mol. The molecule has 0 aliphatic carbocycles. The summed E-state index contributed by atoms with van der Waals surface area (Å²) < 4.78 is 37.6. The summed E-state index contributed by atoms with van der Waals surface area (Å²) in [7, 11) is 1.78. The Labute approximate surface area is 230 Å². The van der Waals surface area contributed by atoms with Crippen LogP contribution in [0.15, 0.2) is 0 Å². The number of hydrogen-bond acceptors (Lipinski definition) is 6. The van der Waals surface area contributed by atoms with Crippen molar-refractivity contribution in [2.24, 2.45) is 16.7 Å². The topological polar surface area (TPSA) is 55.4 Å². The fourth-order valence-corrected chi connectivity index (χ4v) is 3.93.